The van der Waals surface area contributed by atoms with E-state index in [1.807, 2.05) is 14.1 Å². The number of hydrogen-bond donors (Lipinski definition) is 2. The third kappa shape index (κ3) is 11.9. The van der Waals surface area contributed by atoms with Crippen LogP contribution in [0.4, 0.5) is 11.4 Å². The van der Waals surface area contributed by atoms with Crippen LogP contribution in [0.3, 0.4) is 0 Å². The zero-order valence-electron chi connectivity index (χ0n) is 34.6. The van der Waals surface area contributed by atoms with E-state index >= 15 is 0 Å². The summed E-state index contributed by atoms with van der Waals surface area (Å²) in [6.07, 6.45) is 3.02. The molecule has 4 amide bonds. The Morgan fingerprint density at radius 3 is 1.38 bits per heavy atom. The monoisotopic (exact) mass is 910 g/mol. The molecule has 332 valence electrons. The molecule has 0 saturated carbocycles. The number of para-hydroxylation sites is 2. The number of likely N-dealkylation sites (N-methyl/N-ethyl adjacent to an activating group) is 2. The topological polar surface area (TPSA) is 243 Å². The molecule has 2 aromatic heterocycles. The number of benzene rings is 2. The Labute approximate surface area is 374 Å². The summed E-state index contributed by atoms with van der Waals surface area (Å²) >= 11 is 2.10. The van der Waals surface area contributed by atoms with Crippen LogP contribution in [0.15, 0.2) is 101 Å². The fraction of sp³-hybridized carbons (Fsp3) is 0.286. The predicted octanol–water partition coefficient (Wildman–Crippen LogP) is 4.38. The normalized spacial score (nSPS) is 18.7. The van der Waals surface area contributed by atoms with Crippen LogP contribution in [-0.4, -0.2) is 143 Å². The Balaban J connectivity index is 0.000000191. The molecule has 0 aliphatic carbocycles. The number of furan rings is 2. The molecule has 0 spiro atoms. The van der Waals surface area contributed by atoms with E-state index in [0.29, 0.717) is 44.0 Å². The van der Waals surface area contributed by atoms with Crippen molar-refractivity contribution < 1.29 is 37.9 Å². The van der Waals surface area contributed by atoms with Crippen molar-refractivity contribution in [3.05, 3.63) is 114 Å². The van der Waals surface area contributed by atoms with Crippen molar-refractivity contribution in [2.45, 2.75) is 0 Å². The standard InChI is InChI=1S/2C21H21N5O5S/c2*1-24-8-10-25(11-9-24)13-19(27)22-21-23-20(28)18(32-21)12-14-6-7-17(31-14)15-4-2-3-5-16(15)26(29)30/h2*2-7,12H,8-11,13H2,1H3,(H,22,23,27,28)/b2*18-12-. The van der Waals surface area contributed by atoms with Gasteiger partial charge >= 0.3 is 0 Å². The average Bonchev–Trinajstić information content (AvgIpc) is 4.08. The summed E-state index contributed by atoms with van der Waals surface area (Å²) < 4.78 is 11.4. The van der Waals surface area contributed by atoms with Crippen LogP contribution >= 0.6 is 23.5 Å². The third-order valence-electron chi connectivity index (χ3n) is 10.2. The van der Waals surface area contributed by atoms with Crippen LogP contribution in [0.5, 0.6) is 0 Å². The number of thioether (sulfide) groups is 2. The molecule has 0 unspecified atom stereocenters. The van der Waals surface area contributed by atoms with Crippen LogP contribution in [0, 0.1) is 20.2 Å². The number of hydrogen-bond acceptors (Lipinski definition) is 16. The van der Waals surface area contributed by atoms with Crippen molar-refractivity contribution in [2.75, 3.05) is 79.5 Å². The Hall–Kier alpha value is -6.56. The SMILES string of the molecule is CN1CCN(CC(=O)NC2=NC(=O)/C(=C/c3ccc(-c4ccccc4[N+](=O)[O-])o3)S2)CC1.CN1CCN(CC(=O)NC2=NC(=O)/C(=C/c3ccc(-c4ccccc4[N+](=O)[O-])o3)S2)CC1. The van der Waals surface area contributed by atoms with Crippen molar-refractivity contribution in [2.24, 2.45) is 9.98 Å². The van der Waals surface area contributed by atoms with Gasteiger partial charge in [-0.05, 0) is 74.0 Å². The number of rotatable bonds is 10. The van der Waals surface area contributed by atoms with Gasteiger partial charge in [-0.3, -0.25) is 49.2 Å². The molecule has 4 aliphatic heterocycles. The summed E-state index contributed by atoms with van der Waals surface area (Å²) in [5, 5.41) is 28.3. The predicted molar refractivity (Wildman–Crippen MR) is 242 cm³/mol. The van der Waals surface area contributed by atoms with E-state index in [1.54, 1.807) is 60.7 Å². The minimum Gasteiger partial charge on any atom is -0.456 e. The summed E-state index contributed by atoms with van der Waals surface area (Å²) in [6.45, 7) is 7.38. The third-order valence-corrected chi connectivity index (χ3v) is 12.0. The summed E-state index contributed by atoms with van der Waals surface area (Å²) in [6, 6.07) is 19.0. The summed E-state index contributed by atoms with van der Waals surface area (Å²) in [5.74, 6) is -0.0361. The fourth-order valence-corrected chi connectivity index (χ4v) is 8.37. The van der Waals surface area contributed by atoms with Crippen molar-refractivity contribution in [1.29, 1.82) is 0 Å². The van der Waals surface area contributed by atoms with Crippen LogP contribution in [0.1, 0.15) is 11.5 Å². The Morgan fingerprint density at radius 1 is 0.625 bits per heavy atom. The minimum absolute atomic E-state index is 0.0685. The summed E-state index contributed by atoms with van der Waals surface area (Å²) in [7, 11) is 4.09. The molecule has 22 heteroatoms. The maximum atomic E-state index is 12.3. The first-order valence-corrected chi connectivity index (χ1v) is 21.5. The maximum Gasteiger partial charge on any atom is 0.286 e. The highest BCUT2D eigenvalue weighted by atomic mass is 32.2. The van der Waals surface area contributed by atoms with Crippen LogP contribution < -0.4 is 10.6 Å². The van der Waals surface area contributed by atoms with Gasteiger partial charge < -0.3 is 29.3 Å². The van der Waals surface area contributed by atoms with Gasteiger partial charge in [0.25, 0.3) is 23.2 Å². The molecule has 2 aromatic carbocycles. The molecule has 4 aromatic rings. The van der Waals surface area contributed by atoms with Crippen molar-refractivity contribution in [3.63, 3.8) is 0 Å². The second-order valence-electron chi connectivity index (χ2n) is 14.9. The van der Waals surface area contributed by atoms with Gasteiger partial charge in [0.2, 0.25) is 11.8 Å². The van der Waals surface area contributed by atoms with E-state index in [1.165, 1.54) is 24.3 Å². The molecular weight excluding hydrogens is 869 g/mol. The largest absolute Gasteiger partial charge is 0.456 e. The minimum atomic E-state index is -0.478. The van der Waals surface area contributed by atoms with Gasteiger partial charge in [0, 0.05) is 76.6 Å². The van der Waals surface area contributed by atoms with Crippen LogP contribution in [0.2, 0.25) is 0 Å². The number of piperazine rings is 2. The summed E-state index contributed by atoms with van der Waals surface area (Å²) in [5.41, 5.74) is 0.559. The molecule has 20 nitrogen and oxygen atoms in total. The lowest BCUT2D eigenvalue weighted by atomic mass is 10.1. The van der Waals surface area contributed by atoms with Gasteiger partial charge in [0.1, 0.15) is 23.0 Å². The quantitative estimate of drug-likeness (QED) is 0.127. The Bertz CT molecular complexity index is 2410. The van der Waals surface area contributed by atoms with E-state index in [9.17, 15) is 39.4 Å². The van der Waals surface area contributed by atoms with Gasteiger partial charge in [0.05, 0.1) is 43.9 Å². The molecule has 8 rings (SSSR count). The molecule has 2 fully saturated rings. The van der Waals surface area contributed by atoms with Gasteiger partial charge in [-0.15, -0.1) is 0 Å². The fourth-order valence-electron chi connectivity index (χ4n) is 6.75. The summed E-state index contributed by atoms with van der Waals surface area (Å²) in [4.78, 5) is 87.5. The molecule has 0 atom stereocenters. The van der Waals surface area contributed by atoms with Crippen LogP contribution in [0.25, 0.3) is 34.8 Å². The molecule has 6 heterocycles. The molecule has 2 N–H and O–H groups in total. The van der Waals surface area contributed by atoms with Gasteiger partial charge in [0.15, 0.2) is 10.3 Å². The number of carbonyl (C=O) groups is 4. The lowest BCUT2D eigenvalue weighted by Crippen LogP contribution is -2.48. The Kier molecular flexibility index (Phi) is 14.7. The first-order valence-electron chi connectivity index (χ1n) is 19.9. The smallest absolute Gasteiger partial charge is 0.286 e. The van der Waals surface area contributed by atoms with Gasteiger partial charge in [-0.1, -0.05) is 24.3 Å². The number of nitrogens with one attached hydrogen (secondary N) is 2. The first-order chi connectivity index (χ1) is 30.8. The molecule has 4 aliphatic rings. The number of nitrogens with zero attached hydrogens (tertiary/aromatic N) is 8. The molecule has 64 heavy (non-hydrogen) atoms. The zero-order valence-corrected chi connectivity index (χ0v) is 36.3. The zero-order chi connectivity index (χ0) is 45.3. The van der Waals surface area contributed by atoms with Crippen LogP contribution in [-0.2, 0) is 19.2 Å². The number of amides is 4. The number of amidine groups is 2. The second-order valence-corrected chi connectivity index (χ2v) is 16.9. The molecular formula is C42H42N10O10S2. The highest BCUT2D eigenvalue weighted by molar-refractivity contribution is 8.18. The number of nitro benzene ring substituents is 2. The van der Waals surface area contributed by atoms with E-state index in [0.717, 1.165) is 75.9 Å². The number of nitro groups is 2. The van der Waals surface area contributed by atoms with Crippen molar-refractivity contribution >= 4 is 81.0 Å². The highest BCUT2D eigenvalue weighted by Gasteiger charge is 2.27. The van der Waals surface area contributed by atoms with E-state index < -0.39 is 21.7 Å². The molecule has 2 saturated heterocycles. The molecule has 0 bridgehead atoms. The lowest BCUT2D eigenvalue weighted by Gasteiger charge is -2.31. The Morgan fingerprint density at radius 2 is 1.00 bits per heavy atom. The lowest BCUT2D eigenvalue weighted by molar-refractivity contribution is -0.384. The number of carbonyl (C=O) groups excluding carboxylic acids is 4. The number of aliphatic imine (C=N–C) groups is 2. The van der Waals surface area contributed by atoms with Gasteiger partial charge in [-0.25, -0.2) is 0 Å². The van der Waals surface area contributed by atoms with Crippen molar-refractivity contribution in [1.82, 2.24) is 30.2 Å². The first kappa shape index (κ1) is 45.5. The van der Waals surface area contributed by atoms with Gasteiger partial charge in [-0.2, -0.15) is 9.98 Å². The average molecular weight is 911 g/mol. The van der Waals surface area contributed by atoms with Crippen molar-refractivity contribution in [3.8, 4) is 22.6 Å². The molecule has 0 radical (unpaired) electrons. The maximum absolute atomic E-state index is 12.3. The van der Waals surface area contributed by atoms with E-state index in [2.05, 4.69) is 40.2 Å². The van der Waals surface area contributed by atoms with E-state index in [4.69, 9.17) is 8.83 Å². The van der Waals surface area contributed by atoms with E-state index in [-0.39, 0.29) is 46.6 Å². The second kappa shape index (κ2) is 20.7. The highest BCUT2D eigenvalue weighted by Crippen LogP contribution is 2.35.